The highest BCUT2D eigenvalue weighted by molar-refractivity contribution is 6.36. The van der Waals surface area contributed by atoms with Crippen molar-refractivity contribution in [3.8, 4) is 92.0 Å². The first kappa shape index (κ1) is 63.5. The number of hydrogen-bond donors (Lipinski definition) is 0. The van der Waals surface area contributed by atoms with Crippen molar-refractivity contribution in [2.75, 3.05) is 114 Å². The van der Waals surface area contributed by atoms with E-state index in [1.807, 2.05) is 146 Å². The van der Waals surface area contributed by atoms with Crippen molar-refractivity contribution in [3.63, 3.8) is 0 Å². The van der Waals surface area contributed by atoms with Gasteiger partial charge >= 0.3 is 0 Å². The lowest BCUT2D eigenvalue weighted by atomic mass is 9.75. The molecule has 8 aromatic carbocycles. The van der Waals surface area contributed by atoms with E-state index in [9.17, 15) is 0 Å². The third-order valence-electron chi connectivity index (χ3n) is 14.5. The minimum absolute atomic E-state index is 0.462. The second-order valence-corrected chi connectivity index (χ2v) is 19.5. The van der Waals surface area contributed by atoms with E-state index in [4.69, 9.17) is 75.8 Å². The van der Waals surface area contributed by atoms with E-state index in [2.05, 4.69) is 12.2 Å². The van der Waals surface area contributed by atoms with E-state index in [0.717, 1.165) is 0 Å². The molecular weight excluding hydrogens is 1120 g/mol. The molecule has 458 valence electrons. The van der Waals surface area contributed by atoms with E-state index in [0.29, 0.717) is 170 Å². The summed E-state index contributed by atoms with van der Waals surface area (Å²) in [5.74, 6) is 7.89. The summed E-state index contributed by atoms with van der Waals surface area (Å²) in [6.45, 7) is 0. The fourth-order valence-electron chi connectivity index (χ4n) is 10.2. The summed E-state index contributed by atoms with van der Waals surface area (Å²) in [6, 6.07) is 45.7. The van der Waals surface area contributed by atoms with Crippen LogP contribution in [0.1, 0.15) is 44.5 Å². The topological polar surface area (TPSA) is 148 Å². The Bertz CT molecular complexity index is 3480. The molecule has 0 aliphatic rings. The van der Waals surface area contributed by atoms with Crippen LogP contribution in [0.25, 0.3) is 45.6 Å². The summed E-state index contributed by atoms with van der Waals surface area (Å²) in [5, 5.41) is 0. The molecule has 0 aliphatic carbocycles. The Balaban J connectivity index is 1.89. The largest absolute Gasteiger partial charge is 0.497 e. The minimum Gasteiger partial charge on any atom is -0.497 e. The lowest BCUT2D eigenvalue weighted by Crippen LogP contribution is -2.06. The highest BCUT2D eigenvalue weighted by Crippen LogP contribution is 2.54. The molecular formula is C72H74O16. The third-order valence-corrected chi connectivity index (χ3v) is 14.5. The molecule has 0 fully saturated rings. The Morgan fingerprint density at radius 3 is 0.466 bits per heavy atom. The van der Waals surface area contributed by atoms with Gasteiger partial charge in [-0.25, -0.2) is 0 Å². The molecule has 16 heteroatoms. The van der Waals surface area contributed by atoms with E-state index >= 15 is 0 Å². The number of hydrogen-bond acceptors (Lipinski definition) is 16. The highest BCUT2D eigenvalue weighted by atomic mass is 16.5. The van der Waals surface area contributed by atoms with Gasteiger partial charge in [0.1, 0.15) is 92.0 Å². The summed E-state index contributed by atoms with van der Waals surface area (Å²) < 4.78 is 98.0. The smallest absolute Gasteiger partial charge is 0.123 e. The summed E-state index contributed by atoms with van der Waals surface area (Å²) in [6.07, 6.45) is 4.12. The Hall–Kier alpha value is -10.5. The Morgan fingerprint density at radius 1 is 0.170 bits per heavy atom. The maximum atomic E-state index is 6.24. The van der Waals surface area contributed by atoms with Crippen LogP contribution in [0, 0.1) is 0 Å². The molecule has 0 radical (unpaired) electrons. The summed E-state index contributed by atoms with van der Waals surface area (Å²) in [7, 11) is 25.7. The van der Waals surface area contributed by atoms with Crippen LogP contribution < -0.4 is 75.8 Å². The number of methoxy groups -OCH3 is 16. The predicted molar refractivity (Wildman–Crippen MR) is 346 cm³/mol. The van der Waals surface area contributed by atoms with Crippen LogP contribution in [0.5, 0.6) is 92.0 Å². The quantitative estimate of drug-likeness (QED) is 0.0355. The van der Waals surface area contributed by atoms with Crippen molar-refractivity contribution < 1.29 is 75.8 Å². The molecule has 0 N–H and O–H groups in total. The molecule has 0 aromatic heterocycles. The van der Waals surface area contributed by atoms with Crippen LogP contribution in [-0.2, 0) is 0 Å². The summed E-state index contributed by atoms with van der Waals surface area (Å²) in [4.78, 5) is 0. The molecule has 16 nitrogen and oxygen atoms in total. The molecule has 0 unspecified atom stereocenters. The van der Waals surface area contributed by atoms with Gasteiger partial charge in [-0.15, -0.1) is 0 Å². The normalized spacial score (nSPS) is 11.9. The molecule has 8 aromatic rings. The van der Waals surface area contributed by atoms with E-state index < -0.39 is 0 Å². The average Bonchev–Trinajstić information content (AvgIpc) is 0.830. The third kappa shape index (κ3) is 14.6. The predicted octanol–water partition coefficient (Wildman–Crippen LogP) is 14.8. The van der Waals surface area contributed by atoms with E-state index in [-0.39, 0.29) is 0 Å². The zero-order valence-corrected chi connectivity index (χ0v) is 52.5. The zero-order chi connectivity index (χ0) is 63.0. The van der Waals surface area contributed by atoms with Gasteiger partial charge in [0.05, 0.1) is 114 Å². The van der Waals surface area contributed by atoms with Gasteiger partial charge in [-0.2, -0.15) is 0 Å². The van der Waals surface area contributed by atoms with Crippen LogP contribution in [0.3, 0.4) is 0 Å². The van der Waals surface area contributed by atoms with Gasteiger partial charge in [0, 0.05) is 48.5 Å². The van der Waals surface area contributed by atoms with Gasteiger partial charge in [0.15, 0.2) is 0 Å². The summed E-state index contributed by atoms with van der Waals surface area (Å²) >= 11 is 0. The van der Waals surface area contributed by atoms with Gasteiger partial charge < -0.3 is 75.8 Å². The molecule has 0 saturated carbocycles. The molecule has 0 saturated heterocycles. The summed E-state index contributed by atoms with van der Waals surface area (Å²) in [5.41, 5.74) is 8.57. The van der Waals surface area contributed by atoms with Crippen molar-refractivity contribution >= 4 is 45.6 Å². The van der Waals surface area contributed by atoms with E-state index in [1.54, 1.807) is 114 Å². The molecule has 0 heterocycles. The monoisotopic (exact) mass is 1190 g/mol. The standard InChI is InChI=1S/C72H74O16/c1-73-51-17-43(18-52(35-51)74-2)21-67(45-23-55(77-5)37-56(24-45)78-6)69(47-27-59(81-9)39-60(28-47)82-10)71(49-31-63(85-13)41-64(32-49)86-14)72(50-33-65(87-15)42-66(34-50)88-16)70(48-29-61(83-11)40-62(30-48)84-12)68(46-25-57(79-7)38-58(26-46)80-8)22-44-19-53(75-3)36-54(20-44)76-4/h17-42H,1-16H3/b67-21+,68-22+,71-69-,72-70+. The first-order valence-corrected chi connectivity index (χ1v) is 27.6. The van der Waals surface area contributed by atoms with Crippen LogP contribution >= 0.6 is 0 Å². The number of allylic oxidation sites excluding steroid dienone is 6. The number of ether oxygens (including phenoxy) is 16. The number of rotatable bonds is 27. The maximum absolute atomic E-state index is 6.24. The van der Waals surface area contributed by atoms with Crippen LogP contribution in [0.15, 0.2) is 146 Å². The lowest BCUT2D eigenvalue weighted by Gasteiger charge is -2.28. The van der Waals surface area contributed by atoms with Crippen molar-refractivity contribution in [1.82, 2.24) is 0 Å². The van der Waals surface area contributed by atoms with Crippen LogP contribution in [0.4, 0.5) is 0 Å². The Kier molecular flexibility index (Phi) is 21.3. The fraction of sp³-hybridized carbons (Fsp3) is 0.222. The molecule has 0 bridgehead atoms. The van der Waals surface area contributed by atoms with Gasteiger partial charge in [0.25, 0.3) is 0 Å². The molecule has 0 amide bonds. The minimum atomic E-state index is 0.462. The van der Waals surface area contributed by atoms with Crippen LogP contribution in [-0.4, -0.2) is 114 Å². The highest BCUT2D eigenvalue weighted by Gasteiger charge is 2.31. The SMILES string of the molecule is COc1cc(/C=C(/C(=C(\C(=C(\C(=C\c2cc(OC)cc(OC)c2)c2cc(OC)cc(OC)c2)c2cc(OC)cc(OC)c2)c2cc(OC)cc(OC)c2)c2cc(OC)cc(OC)c2)c2cc(OC)cc(OC)c2)c2cc(OC)cc(OC)c2)cc(OC)c1. The molecule has 0 spiro atoms. The Labute approximate surface area is 515 Å². The molecule has 88 heavy (non-hydrogen) atoms. The Morgan fingerprint density at radius 2 is 0.307 bits per heavy atom. The van der Waals surface area contributed by atoms with Gasteiger partial charge in [-0.1, -0.05) is 0 Å². The zero-order valence-electron chi connectivity index (χ0n) is 52.5. The molecule has 0 atom stereocenters. The van der Waals surface area contributed by atoms with E-state index in [1.165, 1.54) is 0 Å². The van der Waals surface area contributed by atoms with Crippen molar-refractivity contribution in [2.24, 2.45) is 0 Å². The molecule has 0 aliphatic heterocycles. The molecule has 8 rings (SSSR count). The van der Waals surface area contributed by atoms with Crippen LogP contribution in [0.2, 0.25) is 0 Å². The first-order valence-electron chi connectivity index (χ1n) is 27.6. The van der Waals surface area contributed by atoms with Gasteiger partial charge in [-0.3, -0.25) is 0 Å². The first-order chi connectivity index (χ1) is 42.7. The number of benzene rings is 8. The maximum Gasteiger partial charge on any atom is 0.123 e. The van der Waals surface area contributed by atoms with Crippen molar-refractivity contribution in [1.29, 1.82) is 0 Å². The second-order valence-electron chi connectivity index (χ2n) is 19.5. The fourth-order valence-corrected chi connectivity index (χ4v) is 10.2. The van der Waals surface area contributed by atoms with Gasteiger partial charge in [-0.05, 0) is 187 Å². The lowest BCUT2D eigenvalue weighted by molar-refractivity contribution is 0.393. The van der Waals surface area contributed by atoms with Gasteiger partial charge in [0.2, 0.25) is 0 Å². The second kappa shape index (κ2) is 29.6. The average molecular weight is 1200 g/mol. The van der Waals surface area contributed by atoms with Crippen molar-refractivity contribution in [2.45, 2.75) is 0 Å². The van der Waals surface area contributed by atoms with Crippen molar-refractivity contribution in [3.05, 3.63) is 190 Å².